The van der Waals surface area contributed by atoms with Gasteiger partial charge in [0.15, 0.2) is 5.89 Å². The summed E-state index contributed by atoms with van der Waals surface area (Å²) in [5, 5.41) is 0. The number of benzene rings is 1. The molecule has 2 rings (SSSR count). The summed E-state index contributed by atoms with van der Waals surface area (Å²) in [5.41, 5.74) is 3.30. The van der Waals surface area contributed by atoms with Crippen LogP contribution in [0.4, 0.5) is 0 Å². The van der Waals surface area contributed by atoms with Crippen LogP contribution in [0.15, 0.2) is 28.7 Å². The van der Waals surface area contributed by atoms with Gasteiger partial charge in [0.25, 0.3) is 0 Å². The Morgan fingerprint density at radius 3 is 2.75 bits per heavy atom. The first kappa shape index (κ1) is 11.2. The molecule has 16 heavy (non-hydrogen) atoms. The Morgan fingerprint density at radius 2 is 2.12 bits per heavy atom. The van der Waals surface area contributed by atoms with Gasteiger partial charge in [-0.2, -0.15) is 0 Å². The van der Waals surface area contributed by atoms with Crippen LogP contribution in [0.25, 0.3) is 0 Å². The summed E-state index contributed by atoms with van der Waals surface area (Å²) in [6, 6.07) is 8.34. The van der Waals surface area contributed by atoms with Crippen molar-refractivity contribution in [1.82, 2.24) is 4.98 Å². The lowest BCUT2D eigenvalue weighted by molar-refractivity contribution is 0.481. The van der Waals surface area contributed by atoms with Gasteiger partial charge < -0.3 is 4.42 Å². The van der Waals surface area contributed by atoms with E-state index in [0.29, 0.717) is 5.88 Å². The number of rotatable bonds is 3. The van der Waals surface area contributed by atoms with Crippen LogP contribution >= 0.6 is 11.6 Å². The molecule has 0 radical (unpaired) electrons. The number of alkyl halides is 1. The Bertz CT molecular complexity index is 490. The third-order valence-corrected chi connectivity index (χ3v) is 2.75. The second-order valence-corrected chi connectivity index (χ2v) is 4.18. The first-order valence-electron chi connectivity index (χ1n) is 5.25. The Hall–Kier alpha value is -1.28. The zero-order valence-corrected chi connectivity index (χ0v) is 10.2. The molecule has 0 unspecified atom stereocenters. The summed E-state index contributed by atoms with van der Waals surface area (Å²) < 4.78 is 5.55. The zero-order chi connectivity index (χ0) is 11.5. The van der Waals surface area contributed by atoms with Crippen LogP contribution in [-0.4, -0.2) is 4.98 Å². The van der Waals surface area contributed by atoms with Crippen molar-refractivity contribution in [2.75, 3.05) is 0 Å². The Morgan fingerprint density at radius 1 is 1.31 bits per heavy atom. The van der Waals surface area contributed by atoms with E-state index in [-0.39, 0.29) is 0 Å². The summed E-state index contributed by atoms with van der Waals surface area (Å²) >= 11 is 5.75. The molecule has 2 aromatic rings. The maximum atomic E-state index is 5.75. The van der Waals surface area contributed by atoms with Crippen LogP contribution in [0.2, 0.25) is 0 Å². The lowest BCUT2D eigenvalue weighted by Crippen LogP contribution is -1.89. The molecule has 3 heteroatoms. The normalized spacial score (nSPS) is 10.7. The van der Waals surface area contributed by atoms with Gasteiger partial charge in [0.05, 0.1) is 11.6 Å². The summed E-state index contributed by atoms with van der Waals surface area (Å²) in [4.78, 5) is 4.35. The third kappa shape index (κ3) is 2.45. The van der Waals surface area contributed by atoms with Gasteiger partial charge in [-0.25, -0.2) is 4.98 Å². The van der Waals surface area contributed by atoms with E-state index in [1.807, 2.05) is 13.0 Å². The molecule has 1 aromatic carbocycles. The lowest BCUT2D eigenvalue weighted by atomic mass is 10.1. The molecular weight excluding hydrogens is 222 g/mol. The first-order chi connectivity index (χ1) is 7.69. The molecule has 0 fully saturated rings. The molecule has 0 saturated heterocycles. The van der Waals surface area contributed by atoms with Crippen LogP contribution < -0.4 is 0 Å². The second-order valence-electron chi connectivity index (χ2n) is 3.91. The molecule has 0 bridgehead atoms. The maximum absolute atomic E-state index is 5.75. The molecule has 0 amide bonds. The third-order valence-electron chi connectivity index (χ3n) is 2.50. The van der Waals surface area contributed by atoms with Gasteiger partial charge in [-0.15, -0.1) is 11.6 Å². The van der Waals surface area contributed by atoms with Crippen molar-refractivity contribution in [2.45, 2.75) is 26.1 Å². The lowest BCUT2D eigenvalue weighted by Gasteiger charge is -1.98. The predicted molar refractivity (Wildman–Crippen MR) is 64.8 cm³/mol. The van der Waals surface area contributed by atoms with Crippen molar-refractivity contribution in [3.63, 3.8) is 0 Å². The van der Waals surface area contributed by atoms with Crippen LogP contribution in [0, 0.1) is 13.8 Å². The summed E-state index contributed by atoms with van der Waals surface area (Å²) in [6.45, 7) is 3.97. The van der Waals surface area contributed by atoms with Crippen LogP contribution in [0.5, 0.6) is 0 Å². The number of oxazole rings is 1. The standard InChI is InChI=1S/C13H14ClNO/c1-9-4-3-5-11(6-9)7-13-15-12(8-14)10(2)16-13/h3-6H,7-8H2,1-2H3. The Labute approximate surface area is 100 Å². The van der Waals surface area contributed by atoms with E-state index in [1.54, 1.807) is 0 Å². The van der Waals surface area contributed by atoms with Crippen molar-refractivity contribution < 1.29 is 4.42 Å². The van der Waals surface area contributed by atoms with E-state index in [4.69, 9.17) is 16.0 Å². The number of hydrogen-bond acceptors (Lipinski definition) is 2. The van der Waals surface area contributed by atoms with Crippen molar-refractivity contribution in [2.24, 2.45) is 0 Å². The van der Waals surface area contributed by atoms with Gasteiger partial charge >= 0.3 is 0 Å². The minimum atomic E-state index is 0.406. The van der Waals surface area contributed by atoms with E-state index in [2.05, 4.69) is 30.1 Å². The van der Waals surface area contributed by atoms with E-state index < -0.39 is 0 Å². The van der Waals surface area contributed by atoms with Gasteiger partial charge in [-0.05, 0) is 19.4 Å². The molecule has 1 heterocycles. The molecule has 0 atom stereocenters. The molecule has 0 aliphatic carbocycles. The van der Waals surface area contributed by atoms with Crippen molar-refractivity contribution in [3.8, 4) is 0 Å². The largest absolute Gasteiger partial charge is 0.445 e. The summed E-state index contributed by atoms with van der Waals surface area (Å²) in [6.07, 6.45) is 0.722. The number of hydrogen-bond donors (Lipinski definition) is 0. The van der Waals surface area contributed by atoms with Gasteiger partial charge in [-0.1, -0.05) is 29.8 Å². The predicted octanol–water partition coefficient (Wildman–Crippen LogP) is 3.62. The molecule has 0 aliphatic rings. The minimum absolute atomic E-state index is 0.406. The van der Waals surface area contributed by atoms with Gasteiger partial charge in [0.1, 0.15) is 5.76 Å². The van der Waals surface area contributed by atoms with Crippen molar-refractivity contribution in [3.05, 3.63) is 52.7 Å². The molecule has 84 valence electrons. The fourth-order valence-corrected chi connectivity index (χ4v) is 1.93. The van der Waals surface area contributed by atoms with E-state index >= 15 is 0 Å². The number of nitrogens with zero attached hydrogens (tertiary/aromatic N) is 1. The van der Waals surface area contributed by atoms with E-state index in [1.165, 1.54) is 11.1 Å². The highest BCUT2D eigenvalue weighted by Gasteiger charge is 2.08. The number of halogens is 1. The summed E-state index contributed by atoms with van der Waals surface area (Å²) in [5.74, 6) is 1.96. The highest BCUT2D eigenvalue weighted by Crippen LogP contribution is 2.16. The van der Waals surface area contributed by atoms with E-state index in [0.717, 1.165) is 23.8 Å². The van der Waals surface area contributed by atoms with E-state index in [9.17, 15) is 0 Å². The molecule has 0 N–H and O–H groups in total. The topological polar surface area (TPSA) is 26.0 Å². The minimum Gasteiger partial charge on any atom is -0.445 e. The average Bonchev–Trinajstić information content (AvgIpc) is 2.58. The smallest absolute Gasteiger partial charge is 0.199 e. The zero-order valence-electron chi connectivity index (χ0n) is 9.46. The maximum Gasteiger partial charge on any atom is 0.199 e. The first-order valence-corrected chi connectivity index (χ1v) is 5.79. The Kier molecular flexibility index (Phi) is 3.30. The van der Waals surface area contributed by atoms with Crippen LogP contribution in [0.1, 0.15) is 28.5 Å². The van der Waals surface area contributed by atoms with Gasteiger partial charge in [0.2, 0.25) is 0 Å². The SMILES string of the molecule is Cc1cccc(Cc2nc(CCl)c(C)o2)c1. The fourth-order valence-electron chi connectivity index (χ4n) is 1.68. The molecule has 0 spiro atoms. The average molecular weight is 236 g/mol. The summed E-state index contributed by atoms with van der Waals surface area (Å²) in [7, 11) is 0. The van der Waals surface area contributed by atoms with Crippen molar-refractivity contribution in [1.29, 1.82) is 0 Å². The number of aromatic nitrogens is 1. The molecular formula is C13H14ClNO. The van der Waals surface area contributed by atoms with Crippen LogP contribution in [-0.2, 0) is 12.3 Å². The van der Waals surface area contributed by atoms with Crippen LogP contribution in [0.3, 0.4) is 0 Å². The van der Waals surface area contributed by atoms with Crippen molar-refractivity contribution >= 4 is 11.6 Å². The molecule has 0 saturated carbocycles. The number of aryl methyl sites for hydroxylation is 2. The van der Waals surface area contributed by atoms with Gasteiger partial charge in [0, 0.05) is 6.42 Å². The molecule has 0 aliphatic heterocycles. The quantitative estimate of drug-likeness (QED) is 0.760. The fraction of sp³-hybridized carbons (Fsp3) is 0.308. The monoisotopic (exact) mass is 235 g/mol. The second kappa shape index (κ2) is 4.71. The van der Waals surface area contributed by atoms with Gasteiger partial charge in [-0.3, -0.25) is 0 Å². The molecule has 2 nitrogen and oxygen atoms in total. The Balaban J connectivity index is 2.20. The highest BCUT2D eigenvalue weighted by molar-refractivity contribution is 6.16. The molecule has 1 aromatic heterocycles. The highest BCUT2D eigenvalue weighted by atomic mass is 35.5.